The van der Waals surface area contributed by atoms with Crippen molar-refractivity contribution in [1.82, 2.24) is 30.4 Å². The molecule has 2 aromatic rings. The van der Waals surface area contributed by atoms with E-state index in [0.29, 0.717) is 29.1 Å². The first-order valence-corrected chi connectivity index (χ1v) is 10.1. The van der Waals surface area contributed by atoms with Crippen LogP contribution in [0, 0.1) is 11.8 Å². The molecule has 27 heavy (non-hydrogen) atoms. The summed E-state index contributed by atoms with van der Waals surface area (Å²) in [5, 5.41) is 16.9. The minimum absolute atomic E-state index is 0.102. The van der Waals surface area contributed by atoms with Crippen molar-refractivity contribution >= 4 is 17.5 Å². The van der Waals surface area contributed by atoms with Crippen molar-refractivity contribution in [2.24, 2.45) is 11.8 Å². The van der Waals surface area contributed by atoms with E-state index in [1.807, 2.05) is 24.0 Å². The molecule has 0 aliphatic carbocycles. The molecule has 1 aromatic carbocycles. The van der Waals surface area contributed by atoms with Crippen LogP contribution in [0.5, 0.6) is 0 Å². The summed E-state index contributed by atoms with van der Waals surface area (Å²) in [6, 6.07) is 6.89. The number of carbonyl (C=O) groups excluding carboxylic acids is 1. The molecule has 2 aliphatic rings. The highest BCUT2D eigenvalue weighted by atomic mass is 35.5. The van der Waals surface area contributed by atoms with E-state index >= 15 is 0 Å². The fourth-order valence-corrected chi connectivity index (χ4v) is 4.28. The van der Waals surface area contributed by atoms with Crippen LogP contribution in [0.15, 0.2) is 24.3 Å². The summed E-state index contributed by atoms with van der Waals surface area (Å²) in [6.07, 6.45) is 2.78. The van der Waals surface area contributed by atoms with Crippen LogP contribution in [0.1, 0.15) is 32.2 Å². The zero-order valence-electron chi connectivity index (χ0n) is 15.5. The Kier molecular flexibility index (Phi) is 5.41. The average Bonchev–Trinajstić information content (AvgIpc) is 3.29. The van der Waals surface area contributed by atoms with E-state index in [9.17, 15) is 4.79 Å². The van der Waals surface area contributed by atoms with Crippen LogP contribution in [0.2, 0.25) is 5.02 Å². The van der Waals surface area contributed by atoms with Crippen LogP contribution < -0.4 is 5.32 Å². The number of hydrogen-bond acceptors (Lipinski definition) is 5. The number of fused-ring (bicyclic) bond motifs is 1. The Hall–Kier alpha value is -1.99. The third-order valence-corrected chi connectivity index (χ3v) is 6.06. The summed E-state index contributed by atoms with van der Waals surface area (Å²) in [6.45, 7) is 5.79. The van der Waals surface area contributed by atoms with E-state index < -0.39 is 6.04 Å². The Bertz CT molecular complexity index is 778. The monoisotopic (exact) mass is 388 g/mol. The van der Waals surface area contributed by atoms with Crippen molar-refractivity contribution in [3.05, 3.63) is 29.3 Å². The molecule has 8 heteroatoms. The van der Waals surface area contributed by atoms with Crippen molar-refractivity contribution in [2.75, 3.05) is 26.2 Å². The number of hydrogen-bond donors (Lipinski definition) is 1. The molecule has 2 aliphatic heterocycles. The minimum Gasteiger partial charge on any atom is -0.341 e. The summed E-state index contributed by atoms with van der Waals surface area (Å²) in [4.78, 5) is 16.6. The fourth-order valence-electron chi connectivity index (χ4n) is 4.16. The summed E-state index contributed by atoms with van der Waals surface area (Å²) >= 11 is 5.94. The van der Waals surface area contributed by atoms with Gasteiger partial charge in [-0.05, 0) is 73.7 Å². The van der Waals surface area contributed by atoms with Gasteiger partial charge < -0.3 is 10.2 Å². The topological polar surface area (TPSA) is 75.9 Å². The van der Waals surface area contributed by atoms with Gasteiger partial charge in [-0.25, -0.2) is 0 Å². The van der Waals surface area contributed by atoms with Crippen LogP contribution >= 0.6 is 11.6 Å². The molecular formula is C19H25ClN6O. The molecule has 2 fully saturated rings. The predicted octanol–water partition coefficient (Wildman–Crippen LogP) is 2.40. The molecule has 0 bridgehead atoms. The molecule has 1 N–H and O–H groups in total. The Morgan fingerprint density at radius 3 is 2.52 bits per heavy atom. The zero-order chi connectivity index (χ0) is 18.8. The van der Waals surface area contributed by atoms with E-state index in [1.165, 1.54) is 4.80 Å². The van der Waals surface area contributed by atoms with Gasteiger partial charge in [-0.2, -0.15) is 4.80 Å². The Labute approximate surface area is 164 Å². The molecule has 144 valence electrons. The van der Waals surface area contributed by atoms with Gasteiger partial charge in [-0.3, -0.25) is 4.79 Å². The second kappa shape index (κ2) is 7.94. The van der Waals surface area contributed by atoms with E-state index in [0.717, 1.165) is 44.6 Å². The number of tetrazole rings is 1. The molecule has 7 nitrogen and oxygen atoms in total. The molecule has 4 rings (SSSR count). The maximum absolute atomic E-state index is 13.2. The minimum atomic E-state index is -0.408. The van der Waals surface area contributed by atoms with Gasteiger partial charge in [0.2, 0.25) is 11.7 Å². The first-order valence-electron chi connectivity index (χ1n) is 9.70. The Morgan fingerprint density at radius 1 is 1.22 bits per heavy atom. The number of halogens is 1. The lowest BCUT2D eigenvalue weighted by Gasteiger charge is -2.25. The number of nitrogens with zero attached hydrogens (tertiary/aromatic N) is 5. The lowest BCUT2D eigenvalue weighted by atomic mass is 9.92. The number of rotatable bonds is 4. The van der Waals surface area contributed by atoms with Gasteiger partial charge in [0.15, 0.2) is 6.04 Å². The van der Waals surface area contributed by atoms with Crippen molar-refractivity contribution in [3.63, 3.8) is 0 Å². The van der Waals surface area contributed by atoms with Gasteiger partial charge in [0.05, 0.1) is 0 Å². The van der Waals surface area contributed by atoms with Crippen LogP contribution in [0.3, 0.4) is 0 Å². The van der Waals surface area contributed by atoms with Gasteiger partial charge >= 0.3 is 0 Å². The Morgan fingerprint density at radius 2 is 1.89 bits per heavy atom. The van der Waals surface area contributed by atoms with Gasteiger partial charge in [0.25, 0.3) is 0 Å². The van der Waals surface area contributed by atoms with Crippen molar-refractivity contribution in [3.8, 4) is 11.4 Å². The van der Waals surface area contributed by atoms with Gasteiger partial charge in [-0.15, -0.1) is 10.2 Å². The van der Waals surface area contributed by atoms with Crippen LogP contribution in [-0.2, 0) is 4.79 Å². The average molecular weight is 389 g/mol. The summed E-state index contributed by atoms with van der Waals surface area (Å²) < 4.78 is 0. The first kappa shape index (κ1) is 18.4. The van der Waals surface area contributed by atoms with Gasteiger partial charge in [0, 0.05) is 23.7 Å². The number of likely N-dealkylation sites (tertiary alicyclic amines) is 1. The third kappa shape index (κ3) is 3.84. The molecule has 0 spiro atoms. The van der Waals surface area contributed by atoms with E-state index in [4.69, 9.17) is 11.6 Å². The molecule has 1 amide bonds. The maximum Gasteiger partial charge on any atom is 0.249 e. The number of benzene rings is 1. The SMILES string of the molecule is CCC(C(=O)N1CC[C@@H]2CNC[C@@H]2CC1)n1nnc(-c2ccc(Cl)cc2)n1. The van der Waals surface area contributed by atoms with Crippen LogP contribution in [0.4, 0.5) is 0 Å². The summed E-state index contributed by atoms with van der Waals surface area (Å²) in [5.41, 5.74) is 0.836. The summed E-state index contributed by atoms with van der Waals surface area (Å²) in [5.74, 6) is 2.01. The Balaban J connectivity index is 1.48. The fraction of sp³-hybridized carbons (Fsp3) is 0.579. The first-order chi connectivity index (χ1) is 13.2. The predicted molar refractivity (Wildman–Crippen MR) is 103 cm³/mol. The van der Waals surface area contributed by atoms with Crippen LogP contribution in [-0.4, -0.2) is 57.2 Å². The van der Waals surface area contributed by atoms with Crippen LogP contribution in [0.25, 0.3) is 11.4 Å². The molecule has 0 radical (unpaired) electrons. The van der Waals surface area contributed by atoms with Gasteiger partial charge in [0.1, 0.15) is 0 Å². The van der Waals surface area contributed by atoms with E-state index in [2.05, 4.69) is 20.7 Å². The standard InChI is InChI=1S/C19H25ClN6O/c1-2-17(19(27)25-9-7-14-11-21-12-15(14)8-10-25)26-23-18(22-24-26)13-3-5-16(20)6-4-13/h3-6,14-15,17,21H,2,7-12H2,1H3/t14-,15+,17?. The quantitative estimate of drug-likeness (QED) is 0.870. The molecular weight excluding hydrogens is 364 g/mol. The number of nitrogens with one attached hydrogen (secondary N) is 1. The lowest BCUT2D eigenvalue weighted by molar-refractivity contribution is -0.135. The zero-order valence-corrected chi connectivity index (χ0v) is 16.3. The molecule has 0 saturated carbocycles. The highest BCUT2D eigenvalue weighted by molar-refractivity contribution is 6.30. The molecule has 3 atom stereocenters. The maximum atomic E-state index is 13.2. The highest BCUT2D eigenvalue weighted by Gasteiger charge is 2.34. The number of carbonyl (C=O) groups is 1. The van der Waals surface area contributed by atoms with Crippen molar-refractivity contribution in [2.45, 2.75) is 32.2 Å². The second-order valence-electron chi connectivity index (χ2n) is 7.45. The van der Waals surface area contributed by atoms with Crippen molar-refractivity contribution in [1.29, 1.82) is 0 Å². The molecule has 1 unspecified atom stereocenters. The third-order valence-electron chi connectivity index (χ3n) is 5.81. The van der Waals surface area contributed by atoms with Crippen molar-refractivity contribution < 1.29 is 4.79 Å². The van der Waals surface area contributed by atoms with E-state index in [1.54, 1.807) is 12.1 Å². The second-order valence-corrected chi connectivity index (χ2v) is 7.88. The molecule has 2 saturated heterocycles. The smallest absolute Gasteiger partial charge is 0.249 e. The number of amides is 1. The van der Waals surface area contributed by atoms with Gasteiger partial charge in [-0.1, -0.05) is 18.5 Å². The largest absolute Gasteiger partial charge is 0.341 e. The molecule has 1 aromatic heterocycles. The van der Waals surface area contributed by atoms with E-state index in [-0.39, 0.29) is 5.91 Å². The highest BCUT2D eigenvalue weighted by Crippen LogP contribution is 2.28. The number of aromatic nitrogens is 4. The lowest BCUT2D eigenvalue weighted by Crippen LogP contribution is -2.39. The summed E-state index contributed by atoms with van der Waals surface area (Å²) in [7, 11) is 0. The normalized spacial score (nSPS) is 23.7. The molecule has 3 heterocycles.